The van der Waals surface area contributed by atoms with E-state index in [0.717, 1.165) is 0 Å². The van der Waals surface area contributed by atoms with Crippen molar-refractivity contribution in [1.82, 2.24) is 4.57 Å². The van der Waals surface area contributed by atoms with Gasteiger partial charge in [0.2, 0.25) is 0 Å². The van der Waals surface area contributed by atoms with E-state index in [1.165, 1.54) is 6.07 Å². The average Bonchev–Trinajstić information content (AvgIpc) is 2.75. The molecule has 0 amide bonds. The predicted molar refractivity (Wildman–Crippen MR) is 83.8 cm³/mol. The summed E-state index contributed by atoms with van der Waals surface area (Å²) in [6.07, 6.45) is 1.63. The fraction of sp³-hybridized carbons (Fsp3) is 0.375. The van der Waals surface area contributed by atoms with Crippen molar-refractivity contribution in [3.63, 3.8) is 0 Å². The highest BCUT2D eigenvalue weighted by Gasteiger charge is 2.22. The Bertz CT molecular complexity index is 809. The number of nitrogens with zero attached hydrogens (tertiary/aromatic N) is 3. The molecule has 23 heavy (non-hydrogen) atoms. The molecule has 0 unspecified atom stereocenters. The molecule has 1 aromatic carbocycles. The largest absolute Gasteiger partial charge is 0.459 e. The number of carbonyl (C=O) groups is 1. The van der Waals surface area contributed by atoms with E-state index < -0.39 is 16.5 Å². The molecule has 0 fully saturated rings. The van der Waals surface area contributed by atoms with Gasteiger partial charge in [-0.05, 0) is 32.4 Å². The summed E-state index contributed by atoms with van der Waals surface area (Å²) in [5.41, 5.74) is 0.381. The third-order valence-corrected chi connectivity index (χ3v) is 3.15. The molecule has 2 aromatic rings. The van der Waals surface area contributed by atoms with Crippen LogP contribution in [-0.4, -0.2) is 21.1 Å². The summed E-state index contributed by atoms with van der Waals surface area (Å²) in [7, 11) is 0. The number of nitro groups is 1. The zero-order valence-corrected chi connectivity index (χ0v) is 13.2. The highest BCUT2D eigenvalue weighted by atomic mass is 16.6. The van der Waals surface area contributed by atoms with Gasteiger partial charge in [-0.3, -0.25) is 14.9 Å². The second-order valence-corrected chi connectivity index (χ2v) is 6.13. The van der Waals surface area contributed by atoms with Crippen LogP contribution in [0.1, 0.15) is 26.3 Å². The van der Waals surface area contributed by atoms with Gasteiger partial charge in [0.25, 0.3) is 5.69 Å². The molecule has 0 saturated carbocycles. The van der Waals surface area contributed by atoms with Gasteiger partial charge < -0.3 is 9.30 Å². The number of esters is 1. The van der Waals surface area contributed by atoms with Crippen LogP contribution in [0.5, 0.6) is 0 Å². The molecule has 2 rings (SSSR count). The van der Waals surface area contributed by atoms with E-state index in [0.29, 0.717) is 16.5 Å². The van der Waals surface area contributed by atoms with Crippen LogP contribution in [0.3, 0.4) is 0 Å². The van der Waals surface area contributed by atoms with E-state index >= 15 is 0 Å². The molecule has 7 heteroatoms. The lowest BCUT2D eigenvalue weighted by Gasteiger charge is -2.19. The van der Waals surface area contributed by atoms with E-state index in [4.69, 9.17) is 10.00 Å². The van der Waals surface area contributed by atoms with Gasteiger partial charge in [-0.2, -0.15) is 5.26 Å². The second kappa shape index (κ2) is 6.08. The molecule has 0 aliphatic rings. The van der Waals surface area contributed by atoms with Crippen LogP contribution < -0.4 is 0 Å². The van der Waals surface area contributed by atoms with Crippen LogP contribution in [0.25, 0.3) is 10.9 Å². The summed E-state index contributed by atoms with van der Waals surface area (Å²) in [6.45, 7) is 5.24. The molecule has 0 atom stereocenters. The first-order valence-corrected chi connectivity index (χ1v) is 7.07. The molecular formula is C16H17N3O4. The zero-order chi connectivity index (χ0) is 17.2. The highest BCUT2D eigenvalue weighted by molar-refractivity contribution is 5.93. The summed E-state index contributed by atoms with van der Waals surface area (Å²) in [5.74, 6) is -0.440. The lowest BCUT2D eigenvalue weighted by Crippen LogP contribution is -2.26. The maximum atomic E-state index is 12.0. The van der Waals surface area contributed by atoms with Gasteiger partial charge >= 0.3 is 5.97 Å². The minimum atomic E-state index is -0.610. The van der Waals surface area contributed by atoms with E-state index in [1.807, 2.05) is 6.07 Å². The minimum absolute atomic E-state index is 0.0304. The molecule has 0 aliphatic carbocycles. The first kappa shape index (κ1) is 16.5. The summed E-state index contributed by atoms with van der Waals surface area (Å²) >= 11 is 0. The summed E-state index contributed by atoms with van der Waals surface area (Å²) < 4.78 is 6.87. The van der Waals surface area contributed by atoms with Crippen molar-refractivity contribution in [1.29, 1.82) is 5.26 Å². The van der Waals surface area contributed by atoms with E-state index in [9.17, 15) is 14.9 Å². The van der Waals surface area contributed by atoms with Crippen molar-refractivity contribution < 1.29 is 14.5 Å². The highest BCUT2D eigenvalue weighted by Crippen LogP contribution is 2.31. The molecule has 0 spiro atoms. The SMILES string of the molecule is CC(C)(C)OC(=O)Cn1cc(CC#N)c2c([N+](=O)[O-])cccc21. The number of carbonyl (C=O) groups excluding carboxylic acids is 1. The minimum Gasteiger partial charge on any atom is -0.459 e. The van der Waals surface area contributed by atoms with Crippen molar-refractivity contribution in [3.8, 4) is 6.07 Å². The van der Waals surface area contributed by atoms with E-state index in [1.54, 1.807) is 43.7 Å². The standard InChI is InChI=1S/C16H17N3O4/c1-16(2,3)23-14(20)10-18-9-11(7-8-17)15-12(18)5-4-6-13(15)19(21)22/h4-6,9H,7,10H2,1-3H3. The van der Waals surface area contributed by atoms with Gasteiger partial charge in [0.1, 0.15) is 12.1 Å². The molecule has 0 aliphatic heterocycles. The molecule has 0 N–H and O–H groups in total. The van der Waals surface area contributed by atoms with Crippen molar-refractivity contribution in [2.24, 2.45) is 0 Å². The first-order valence-electron chi connectivity index (χ1n) is 7.07. The zero-order valence-electron chi connectivity index (χ0n) is 13.2. The molecule has 1 heterocycles. The van der Waals surface area contributed by atoms with Gasteiger partial charge in [-0.1, -0.05) is 6.07 Å². The molecule has 120 valence electrons. The fourth-order valence-electron chi connectivity index (χ4n) is 2.43. The molecule has 0 bridgehead atoms. The topological polar surface area (TPSA) is 98.2 Å². The Balaban J connectivity index is 2.50. The predicted octanol–water partition coefficient (Wildman–Crippen LogP) is 2.96. The van der Waals surface area contributed by atoms with Crippen LogP contribution in [0, 0.1) is 21.4 Å². The Kier molecular flexibility index (Phi) is 4.36. The van der Waals surface area contributed by atoms with Crippen LogP contribution in [0.15, 0.2) is 24.4 Å². The Labute approximate surface area is 133 Å². The molecule has 0 saturated heterocycles. The third-order valence-electron chi connectivity index (χ3n) is 3.15. The number of ether oxygens (including phenoxy) is 1. The normalized spacial score (nSPS) is 11.2. The lowest BCUT2D eigenvalue weighted by molar-refractivity contribution is -0.383. The van der Waals surface area contributed by atoms with Crippen molar-refractivity contribution in [2.45, 2.75) is 39.3 Å². The molecular weight excluding hydrogens is 298 g/mol. The van der Waals surface area contributed by atoms with Gasteiger partial charge in [-0.15, -0.1) is 0 Å². The molecule has 0 radical (unpaired) electrons. The van der Waals surface area contributed by atoms with Gasteiger partial charge in [-0.25, -0.2) is 0 Å². The summed E-state index contributed by atoms with van der Waals surface area (Å²) in [4.78, 5) is 22.7. The average molecular weight is 315 g/mol. The number of non-ortho nitro benzene ring substituents is 1. The van der Waals surface area contributed by atoms with Crippen LogP contribution in [0.2, 0.25) is 0 Å². The number of hydrogen-bond donors (Lipinski definition) is 0. The van der Waals surface area contributed by atoms with Crippen molar-refractivity contribution in [3.05, 3.63) is 40.1 Å². The first-order chi connectivity index (χ1) is 10.7. The Morgan fingerprint density at radius 1 is 1.43 bits per heavy atom. The van der Waals surface area contributed by atoms with Gasteiger partial charge in [0.05, 0.1) is 28.3 Å². The van der Waals surface area contributed by atoms with Crippen LogP contribution >= 0.6 is 0 Å². The Hall–Kier alpha value is -2.88. The maximum absolute atomic E-state index is 12.0. The van der Waals surface area contributed by atoms with Gasteiger partial charge in [0.15, 0.2) is 0 Å². The number of nitriles is 1. The molecule has 7 nitrogen and oxygen atoms in total. The Morgan fingerprint density at radius 3 is 2.70 bits per heavy atom. The third kappa shape index (κ3) is 3.66. The van der Waals surface area contributed by atoms with Crippen molar-refractivity contribution >= 4 is 22.6 Å². The number of fused-ring (bicyclic) bond motifs is 1. The van der Waals surface area contributed by atoms with Gasteiger partial charge in [0, 0.05) is 12.3 Å². The monoisotopic (exact) mass is 315 g/mol. The number of aromatic nitrogens is 1. The second-order valence-electron chi connectivity index (χ2n) is 6.13. The fourth-order valence-corrected chi connectivity index (χ4v) is 2.43. The number of hydrogen-bond acceptors (Lipinski definition) is 5. The lowest BCUT2D eigenvalue weighted by atomic mass is 10.1. The number of rotatable bonds is 4. The van der Waals surface area contributed by atoms with Crippen LogP contribution in [0.4, 0.5) is 5.69 Å². The van der Waals surface area contributed by atoms with Crippen LogP contribution in [-0.2, 0) is 22.5 Å². The van der Waals surface area contributed by atoms with Crippen molar-refractivity contribution in [2.75, 3.05) is 0 Å². The smallest absolute Gasteiger partial charge is 0.326 e. The summed E-state index contributed by atoms with van der Waals surface area (Å²) in [5, 5.41) is 20.5. The quantitative estimate of drug-likeness (QED) is 0.491. The summed E-state index contributed by atoms with van der Waals surface area (Å²) in [6, 6.07) is 6.63. The van der Waals surface area contributed by atoms with E-state index in [2.05, 4.69) is 0 Å². The van der Waals surface area contributed by atoms with E-state index in [-0.39, 0.29) is 18.7 Å². The number of benzene rings is 1. The number of nitro benzene ring substituents is 1. The maximum Gasteiger partial charge on any atom is 0.326 e. The molecule has 1 aromatic heterocycles. The Morgan fingerprint density at radius 2 is 2.13 bits per heavy atom.